The second kappa shape index (κ2) is 5.35. The molecule has 0 saturated carbocycles. The van der Waals surface area contributed by atoms with E-state index in [2.05, 4.69) is 42.7 Å². The van der Waals surface area contributed by atoms with E-state index in [4.69, 9.17) is 5.84 Å². The highest BCUT2D eigenvalue weighted by molar-refractivity contribution is 9.10. The second-order valence-corrected chi connectivity index (χ2v) is 6.40. The lowest BCUT2D eigenvalue weighted by molar-refractivity contribution is 1.16. The Balaban J connectivity index is 2.06. The highest BCUT2D eigenvalue weighted by atomic mass is 79.9. The van der Waals surface area contributed by atoms with E-state index in [1.807, 2.05) is 31.2 Å². The predicted molar refractivity (Wildman–Crippen MR) is 87.4 cm³/mol. The number of hydrogen-bond acceptors (Lipinski definition) is 6. The molecule has 102 valence electrons. The Morgan fingerprint density at radius 1 is 1.20 bits per heavy atom. The van der Waals surface area contributed by atoms with E-state index in [0.29, 0.717) is 5.95 Å². The number of fused-ring (bicyclic) bond motifs is 1. The number of hydrazine groups is 1. The summed E-state index contributed by atoms with van der Waals surface area (Å²) in [5.41, 5.74) is 3.46. The summed E-state index contributed by atoms with van der Waals surface area (Å²) in [6, 6.07) is 9.98. The van der Waals surface area contributed by atoms with E-state index < -0.39 is 0 Å². The fraction of sp³-hybridized carbons (Fsp3) is 0.0769. The minimum absolute atomic E-state index is 0.402. The molecule has 7 heteroatoms. The molecule has 0 bridgehead atoms. The topological polar surface area (TPSA) is 75.9 Å². The number of thiophene rings is 1. The maximum absolute atomic E-state index is 5.43. The zero-order valence-corrected chi connectivity index (χ0v) is 13.0. The average molecular weight is 350 g/mol. The van der Waals surface area contributed by atoms with Gasteiger partial charge in [-0.3, -0.25) is 5.43 Å². The SMILES string of the molecule is Cc1cc2c(Nc3ccc(Br)cc3)nc(NN)nc2s1. The highest BCUT2D eigenvalue weighted by Gasteiger charge is 2.10. The first-order valence-electron chi connectivity index (χ1n) is 5.93. The van der Waals surface area contributed by atoms with Gasteiger partial charge in [0.15, 0.2) is 0 Å². The first-order valence-corrected chi connectivity index (χ1v) is 7.54. The molecule has 0 amide bonds. The summed E-state index contributed by atoms with van der Waals surface area (Å²) in [4.78, 5) is 10.8. The molecule has 0 fully saturated rings. The van der Waals surface area contributed by atoms with Crippen LogP contribution in [-0.4, -0.2) is 9.97 Å². The van der Waals surface area contributed by atoms with Gasteiger partial charge in [-0.25, -0.2) is 10.8 Å². The van der Waals surface area contributed by atoms with Crippen molar-refractivity contribution < 1.29 is 0 Å². The fourth-order valence-corrected chi connectivity index (χ4v) is 3.02. The summed E-state index contributed by atoms with van der Waals surface area (Å²) in [6.45, 7) is 2.05. The zero-order valence-electron chi connectivity index (χ0n) is 10.6. The lowest BCUT2D eigenvalue weighted by Gasteiger charge is -2.08. The van der Waals surface area contributed by atoms with Gasteiger partial charge in [-0.15, -0.1) is 11.3 Å². The summed E-state index contributed by atoms with van der Waals surface area (Å²) in [5.74, 6) is 6.57. The van der Waals surface area contributed by atoms with Crippen LogP contribution in [0.15, 0.2) is 34.8 Å². The van der Waals surface area contributed by atoms with Gasteiger partial charge in [0.1, 0.15) is 10.6 Å². The number of aryl methyl sites for hydroxylation is 1. The van der Waals surface area contributed by atoms with Gasteiger partial charge in [0.25, 0.3) is 0 Å². The third-order valence-electron chi connectivity index (χ3n) is 2.75. The Hall–Kier alpha value is -1.70. The van der Waals surface area contributed by atoms with E-state index in [-0.39, 0.29) is 0 Å². The quantitative estimate of drug-likeness (QED) is 0.495. The highest BCUT2D eigenvalue weighted by Crippen LogP contribution is 2.31. The molecule has 0 aliphatic carbocycles. The van der Waals surface area contributed by atoms with Crippen LogP contribution < -0.4 is 16.6 Å². The Morgan fingerprint density at radius 3 is 2.65 bits per heavy atom. The number of nitrogens with zero attached hydrogens (tertiary/aromatic N) is 2. The molecular formula is C13H12BrN5S. The normalized spacial score (nSPS) is 10.8. The van der Waals surface area contributed by atoms with Crippen LogP contribution in [0.1, 0.15) is 4.88 Å². The number of anilines is 3. The Labute approximate surface area is 128 Å². The minimum Gasteiger partial charge on any atom is -0.340 e. The molecule has 5 nitrogen and oxygen atoms in total. The fourth-order valence-electron chi connectivity index (χ4n) is 1.87. The molecule has 0 radical (unpaired) electrons. The van der Waals surface area contributed by atoms with Crippen LogP contribution >= 0.6 is 27.3 Å². The van der Waals surface area contributed by atoms with Crippen LogP contribution in [0.3, 0.4) is 0 Å². The molecule has 3 rings (SSSR count). The van der Waals surface area contributed by atoms with Gasteiger partial charge >= 0.3 is 0 Å². The molecule has 0 spiro atoms. The number of nitrogens with one attached hydrogen (secondary N) is 2. The Bertz CT molecular complexity index is 753. The molecule has 0 saturated heterocycles. The van der Waals surface area contributed by atoms with Gasteiger partial charge in [-0.2, -0.15) is 4.98 Å². The van der Waals surface area contributed by atoms with Gasteiger partial charge in [0.2, 0.25) is 5.95 Å². The molecule has 2 aromatic heterocycles. The van der Waals surface area contributed by atoms with Gasteiger partial charge in [0, 0.05) is 15.0 Å². The molecule has 2 heterocycles. The van der Waals surface area contributed by atoms with Crippen molar-refractivity contribution in [1.82, 2.24) is 9.97 Å². The molecule has 3 aromatic rings. The van der Waals surface area contributed by atoms with E-state index in [1.54, 1.807) is 11.3 Å². The van der Waals surface area contributed by atoms with Crippen molar-refractivity contribution in [2.45, 2.75) is 6.92 Å². The zero-order chi connectivity index (χ0) is 14.1. The number of halogens is 1. The maximum Gasteiger partial charge on any atom is 0.240 e. The first-order chi connectivity index (χ1) is 9.65. The number of rotatable bonds is 3. The van der Waals surface area contributed by atoms with Crippen LogP contribution in [0, 0.1) is 6.92 Å². The second-order valence-electron chi connectivity index (χ2n) is 4.25. The van der Waals surface area contributed by atoms with E-state index >= 15 is 0 Å². The third kappa shape index (κ3) is 2.60. The Kier molecular flexibility index (Phi) is 3.56. The molecule has 0 atom stereocenters. The van der Waals surface area contributed by atoms with Crippen molar-refractivity contribution in [3.8, 4) is 0 Å². The maximum atomic E-state index is 5.43. The standard InChI is InChI=1S/C13H12BrN5S/c1-7-6-10-11(16-9-4-2-8(14)3-5-9)17-13(19-15)18-12(10)20-7/h2-6H,15H2,1H3,(H2,16,17,18,19). The van der Waals surface area contributed by atoms with E-state index in [0.717, 1.165) is 26.2 Å². The van der Waals surface area contributed by atoms with Crippen molar-refractivity contribution in [2.24, 2.45) is 5.84 Å². The molecule has 0 aliphatic rings. The van der Waals surface area contributed by atoms with Crippen LogP contribution in [0.2, 0.25) is 0 Å². The summed E-state index contributed by atoms with van der Waals surface area (Å²) in [7, 11) is 0. The molecule has 1 aromatic carbocycles. The lowest BCUT2D eigenvalue weighted by Crippen LogP contribution is -2.11. The third-order valence-corrected chi connectivity index (χ3v) is 4.23. The molecule has 4 N–H and O–H groups in total. The Morgan fingerprint density at radius 2 is 1.95 bits per heavy atom. The molecule has 0 aliphatic heterocycles. The summed E-state index contributed by atoms with van der Waals surface area (Å²) < 4.78 is 1.03. The van der Waals surface area contributed by atoms with Crippen molar-refractivity contribution in [1.29, 1.82) is 0 Å². The van der Waals surface area contributed by atoms with Gasteiger partial charge in [-0.1, -0.05) is 15.9 Å². The van der Waals surface area contributed by atoms with E-state index in [1.165, 1.54) is 4.88 Å². The number of aromatic nitrogens is 2. The van der Waals surface area contributed by atoms with Crippen LogP contribution in [-0.2, 0) is 0 Å². The minimum atomic E-state index is 0.402. The van der Waals surface area contributed by atoms with Crippen molar-refractivity contribution in [2.75, 3.05) is 10.7 Å². The first kappa shape index (κ1) is 13.3. The monoisotopic (exact) mass is 349 g/mol. The van der Waals surface area contributed by atoms with Crippen molar-refractivity contribution in [3.05, 3.63) is 39.7 Å². The number of benzene rings is 1. The summed E-state index contributed by atoms with van der Waals surface area (Å²) >= 11 is 5.03. The number of hydrogen-bond donors (Lipinski definition) is 3. The largest absolute Gasteiger partial charge is 0.340 e. The molecular weight excluding hydrogens is 338 g/mol. The van der Waals surface area contributed by atoms with Crippen LogP contribution in [0.5, 0.6) is 0 Å². The van der Waals surface area contributed by atoms with E-state index in [9.17, 15) is 0 Å². The smallest absolute Gasteiger partial charge is 0.240 e. The summed E-state index contributed by atoms with van der Waals surface area (Å²) in [6.07, 6.45) is 0. The van der Waals surface area contributed by atoms with Crippen molar-refractivity contribution >= 4 is 54.9 Å². The summed E-state index contributed by atoms with van der Waals surface area (Å²) in [5, 5.41) is 4.30. The molecule has 20 heavy (non-hydrogen) atoms. The molecule has 0 unspecified atom stereocenters. The van der Waals surface area contributed by atoms with Crippen LogP contribution in [0.4, 0.5) is 17.5 Å². The van der Waals surface area contributed by atoms with Gasteiger partial charge in [-0.05, 0) is 37.3 Å². The van der Waals surface area contributed by atoms with Gasteiger partial charge < -0.3 is 5.32 Å². The average Bonchev–Trinajstić information content (AvgIpc) is 2.81. The number of nitrogen functional groups attached to an aromatic ring is 1. The lowest BCUT2D eigenvalue weighted by atomic mass is 10.3. The number of nitrogens with two attached hydrogens (primary N) is 1. The van der Waals surface area contributed by atoms with Crippen molar-refractivity contribution in [3.63, 3.8) is 0 Å². The van der Waals surface area contributed by atoms with Crippen LogP contribution in [0.25, 0.3) is 10.2 Å². The van der Waals surface area contributed by atoms with Gasteiger partial charge in [0.05, 0.1) is 5.39 Å². The predicted octanol–water partition coefficient (Wildman–Crippen LogP) is 3.79.